The van der Waals surface area contributed by atoms with Crippen LogP contribution in [0.15, 0.2) is 11.6 Å². The molecule has 0 aromatic carbocycles. The van der Waals surface area contributed by atoms with Gasteiger partial charge in [0.2, 0.25) is 0 Å². The Morgan fingerprint density at radius 3 is 2.69 bits per heavy atom. The third-order valence-electron chi connectivity index (χ3n) is 5.90. The van der Waals surface area contributed by atoms with Crippen molar-refractivity contribution in [1.82, 2.24) is 0 Å². The molecule has 0 saturated heterocycles. The van der Waals surface area contributed by atoms with Crippen molar-refractivity contribution in [2.45, 2.75) is 47.0 Å². The third-order valence-corrected chi connectivity index (χ3v) is 5.90. The first-order valence-electron chi connectivity index (χ1n) is 6.65. The molecule has 3 aliphatic carbocycles. The van der Waals surface area contributed by atoms with Gasteiger partial charge in [-0.3, -0.25) is 4.79 Å². The first-order chi connectivity index (χ1) is 7.40. The molecular weight excluding hydrogens is 196 g/mol. The van der Waals surface area contributed by atoms with Crippen molar-refractivity contribution >= 4 is 5.78 Å². The molecule has 0 N–H and O–H groups in total. The normalized spacial score (nSPS) is 49.1. The van der Waals surface area contributed by atoms with Gasteiger partial charge in [-0.25, -0.2) is 0 Å². The van der Waals surface area contributed by atoms with Crippen LogP contribution in [0.25, 0.3) is 0 Å². The van der Waals surface area contributed by atoms with Gasteiger partial charge < -0.3 is 0 Å². The Kier molecular flexibility index (Phi) is 1.85. The molecule has 0 aliphatic heterocycles. The minimum Gasteiger partial charge on any atom is -0.295 e. The molecule has 16 heavy (non-hydrogen) atoms. The van der Waals surface area contributed by atoms with Crippen LogP contribution in [-0.4, -0.2) is 5.78 Å². The summed E-state index contributed by atoms with van der Waals surface area (Å²) in [4.78, 5) is 12.1. The lowest BCUT2D eigenvalue weighted by atomic mass is 9.59. The van der Waals surface area contributed by atoms with E-state index in [1.54, 1.807) is 0 Å². The van der Waals surface area contributed by atoms with Crippen LogP contribution in [0.2, 0.25) is 0 Å². The van der Waals surface area contributed by atoms with Crippen molar-refractivity contribution < 1.29 is 4.79 Å². The topological polar surface area (TPSA) is 17.1 Å². The number of carbonyl (C=O) groups excluding carboxylic acids is 1. The molecule has 88 valence electrons. The van der Waals surface area contributed by atoms with Crippen LogP contribution in [-0.2, 0) is 4.79 Å². The summed E-state index contributed by atoms with van der Waals surface area (Å²) in [6.07, 6.45) is 5.77. The molecule has 0 spiro atoms. The van der Waals surface area contributed by atoms with E-state index in [9.17, 15) is 4.79 Å². The Hall–Kier alpha value is -0.590. The summed E-state index contributed by atoms with van der Waals surface area (Å²) in [7, 11) is 0. The SMILES string of the molecule is C[C@@H]1CCCC2=CC(=O)[C@@H]3[C@H](C3(C)C)[C@]21C. The molecule has 0 aromatic heterocycles. The molecule has 0 bridgehead atoms. The van der Waals surface area contributed by atoms with Gasteiger partial charge in [-0.1, -0.05) is 33.3 Å². The van der Waals surface area contributed by atoms with Gasteiger partial charge in [0.25, 0.3) is 0 Å². The van der Waals surface area contributed by atoms with Crippen molar-refractivity contribution in [2.75, 3.05) is 0 Å². The summed E-state index contributed by atoms with van der Waals surface area (Å²) in [5, 5.41) is 0. The minimum atomic E-state index is 0.246. The number of fused-ring (bicyclic) bond motifs is 3. The van der Waals surface area contributed by atoms with Gasteiger partial charge in [-0.05, 0) is 48.0 Å². The maximum Gasteiger partial charge on any atom is 0.159 e. The average molecular weight is 218 g/mol. The van der Waals surface area contributed by atoms with Gasteiger partial charge >= 0.3 is 0 Å². The summed E-state index contributed by atoms with van der Waals surface area (Å²) in [5.41, 5.74) is 2.03. The van der Waals surface area contributed by atoms with E-state index in [0.29, 0.717) is 23.0 Å². The first kappa shape index (κ1) is 10.6. The molecule has 0 unspecified atom stereocenters. The van der Waals surface area contributed by atoms with Crippen LogP contribution < -0.4 is 0 Å². The van der Waals surface area contributed by atoms with E-state index >= 15 is 0 Å². The minimum absolute atomic E-state index is 0.246. The maximum atomic E-state index is 12.1. The zero-order valence-corrected chi connectivity index (χ0v) is 10.8. The summed E-state index contributed by atoms with van der Waals surface area (Å²) < 4.78 is 0. The van der Waals surface area contributed by atoms with E-state index in [4.69, 9.17) is 0 Å². The number of carbonyl (C=O) groups is 1. The van der Waals surface area contributed by atoms with Crippen molar-refractivity contribution in [3.8, 4) is 0 Å². The number of ketones is 1. The van der Waals surface area contributed by atoms with E-state index in [1.807, 2.05) is 6.08 Å². The summed E-state index contributed by atoms with van der Waals surface area (Å²) in [6.45, 7) is 9.36. The molecule has 3 rings (SSSR count). The Morgan fingerprint density at radius 2 is 2.00 bits per heavy atom. The fourth-order valence-electron chi connectivity index (χ4n) is 4.77. The standard InChI is InChI=1S/C15H22O/c1-9-6-5-7-10-8-11(16)12-13(14(12,2)3)15(9,10)4/h8-9,12-13H,5-7H2,1-4H3/t9-,12-,13-,15+/m1/s1. The molecule has 0 amide bonds. The highest BCUT2D eigenvalue weighted by molar-refractivity contribution is 5.97. The fraction of sp³-hybridized carbons (Fsp3) is 0.800. The maximum absolute atomic E-state index is 12.1. The van der Waals surface area contributed by atoms with Crippen LogP contribution in [0.4, 0.5) is 0 Å². The molecule has 4 atom stereocenters. The van der Waals surface area contributed by atoms with Crippen LogP contribution in [0, 0.1) is 28.6 Å². The number of allylic oxidation sites excluding steroid dienone is 2. The van der Waals surface area contributed by atoms with E-state index in [2.05, 4.69) is 27.7 Å². The molecule has 1 nitrogen and oxygen atoms in total. The molecule has 2 saturated carbocycles. The number of hydrogen-bond acceptors (Lipinski definition) is 1. The molecule has 0 heterocycles. The lowest BCUT2D eigenvalue weighted by Gasteiger charge is -2.45. The monoisotopic (exact) mass is 218 g/mol. The van der Waals surface area contributed by atoms with Gasteiger partial charge in [-0.15, -0.1) is 0 Å². The lowest BCUT2D eigenvalue weighted by Crippen LogP contribution is -2.38. The Labute approximate surface area is 98.3 Å². The van der Waals surface area contributed by atoms with Crippen LogP contribution in [0.3, 0.4) is 0 Å². The smallest absolute Gasteiger partial charge is 0.159 e. The zero-order chi connectivity index (χ0) is 11.7. The Morgan fingerprint density at radius 1 is 1.31 bits per heavy atom. The van der Waals surface area contributed by atoms with E-state index in [0.717, 1.165) is 12.3 Å². The Bertz CT molecular complexity index is 390. The van der Waals surface area contributed by atoms with Crippen LogP contribution in [0.5, 0.6) is 0 Å². The van der Waals surface area contributed by atoms with Gasteiger partial charge in [-0.2, -0.15) is 0 Å². The highest BCUT2D eigenvalue weighted by atomic mass is 16.1. The van der Waals surface area contributed by atoms with E-state index in [1.165, 1.54) is 18.4 Å². The van der Waals surface area contributed by atoms with Gasteiger partial charge in [0, 0.05) is 5.92 Å². The van der Waals surface area contributed by atoms with Gasteiger partial charge in [0.1, 0.15) is 0 Å². The van der Waals surface area contributed by atoms with E-state index in [-0.39, 0.29) is 5.41 Å². The zero-order valence-electron chi connectivity index (χ0n) is 10.8. The van der Waals surface area contributed by atoms with Crippen LogP contribution >= 0.6 is 0 Å². The van der Waals surface area contributed by atoms with Crippen molar-refractivity contribution in [3.05, 3.63) is 11.6 Å². The summed E-state index contributed by atoms with van der Waals surface area (Å²) in [6, 6.07) is 0. The van der Waals surface area contributed by atoms with Crippen molar-refractivity contribution in [1.29, 1.82) is 0 Å². The Balaban J connectivity index is 2.10. The van der Waals surface area contributed by atoms with Gasteiger partial charge in [0.15, 0.2) is 5.78 Å². The number of rotatable bonds is 0. The molecular formula is C15H22O. The highest BCUT2D eigenvalue weighted by Crippen LogP contribution is 2.73. The highest BCUT2D eigenvalue weighted by Gasteiger charge is 2.71. The second-order valence-electron chi connectivity index (χ2n) is 6.92. The average Bonchev–Trinajstić information content (AvgIpc) is 2.77. The van der Waals surface area contributed by atoms with Crippen molar-refractivity contribution in [3.63, 3.8) is 0 Å². The van der Waals surface area contributed by atoms with Crippen molar-refractivity contribution in [2.24, 2.45) is 28.6 Å². The predicted molar refractivity (Wildman–Crippen MR) is 65.0 cm³/mol. The molecule has 0 aromatic rings. The lowest BCUT2D eigenvalue weighted by molar-refractivity contribution is -0.117. The first-order valence-corrected chi connectivity index (χ1v) is 6.65. The second kappa shape index (κ2) is 2.80. The van der Waals surface area contributed by atoms with Gasteiger partial charge in [0.05, 0.1) is 0 Å². The number of hydrogen-bond donors (Lipinski definition) is 0. The molecule has 2 fully saturated rings. The summed E-state index contributed by atoms with van der Waals surface area (Å²) >= 11 is 0. The summed E-state index contributed by atoms with van der Waals surface area (Å²) in [5.74, 6) is 2.09. The fourth-order valence-corrected chi connectivity index (χ4v) is 4.77. The third kappa shape index (κ3) is 1.00. The second-order valence-corrected chi connectivity index (χ2v) is 6.92. The van der Waals surface area contributed by atoms with E-state index < -0.39 is 0 Å². The molecule has 0 radical (unpaired) electrons. The largest absolute Gasteiger partial charge is 0.295 e. The molecule has 1 heteroatoms. The quantitative estimate of drug-likeness (QED) is 0.607. The molecule has 3 aliphatic rings. The predicted octanol–water partition coefficient (Wildman–Crippen LogP) is 3.59. The van der Waals surface area contributed by atoms with Crippen LogP contribution in [0.1, 0.15) is 47.0 Å².